The van der Waals surface area contributed by atoms with Crippen molar-refractivity contribution < 1.29 is 0 Å². The zero-order valence-corrected chi connectivity index (χ0v) is 48.1. The quantitative estimate of drug-likeness (QED) is 0.165. The van der Waals surface area contributed by atoms with Crippen molar-refractivity contribution in [3.63, 3.8) is 0 Å². The first-order chi connectivity index (χ1) is 33.5. The fraction of sp³-hybridized carbons (Fsp3) is 0.491. The number of hydrogen-bond acceptors (Lipinski definition) is 16. The van der Waals surface area contributed by atoms with Crippen LogP contribution < -0.4 is 0 Å². The van der Waals surface area contributed by atoms with Gasteiger partial charge in [-0.05, 0) is 157 Å². The minimum atomic E-state index is 1.00. The number of thiophene rings is 1. The van der Waals surface area contributed by atoms with Gasteiger partial charge in [0.2, 0.25) is 0 Å². The molecule has 0 unspecified atom stereocenters. The Morgan fingerprint density at radius 3 is 1.28 bits per heavy atom. The van der Waals surface area contributed by atoms with Crippen LogP contribution in [0.25, 0.3) is 0 Å². The molecule has 1 aliphatic heterocycles. The molecule has 8 aromatic heterocycles. The van der Waals surface area contributed by atoms with Crippen LogP contribution in [-0.4, -0.2) is 68.7 Å². The summed E-state index contributed by atoms with van der Waals surface area (Å²) < 4.78 is 7.58. The van der Waals surface area contributed by atoms with Crippen LogP contribution in [0.2, 0.25) is 0 Å². The lowest BCUT2D eigenvalue weighted by atomic mass is 10.3. The van der Waals surface area contributed by atoms with E-state index in [2.05, 4.69) is 115 Å². The molecule has 0 amide bonds. The van der Waals surface area contributed by atoms with Crippen LogP contribution >= 0.6 is 68.4 Å². The second kappa shape index (κ2) is 44.0. The lowest BCUT2D eigenvalue weighted by Crippen LogP contribution is -2.10. The summed E-state index contributed by atoms with van der Waals surface area (Å²) in [5.41, 5.74) is 2.23. The van der Waals surface area contributed by atoms with E-state index in [-0.39, 0.29) is 0 Å². The van der Waals surface area contributed by atoms with Gasteiger partial charge in [0, 0.05) is 63.4 Å². The fourth-order valence-electron chi connectivity index (χ4n) is 4.73. The van der Waals surface area contributed by atoms with E-state index in [1.807, 2.05) is 104 Å². The SMILES string of the molecule is CC1CC1.CCC1CC1.CCc1ccccn1.CCc1cccs1.CCc1nccs1.CCc1ncns1.CN1CCCC1.Cc1ccccn1.Cc1nccs1.Cc1nccs1.Cc1ncns1. The average molecular weight is 1050 g/mol. The third-order valence-corrected chi connectivity index (χ3v) is 14.1. The molecule has 9 heterocycles. The second-order valence-electron chi connectivity index (χ2n) is 15.7. The molecule has 3 aliphatic rings. The van der Waals surface area contributed by atoms with Gasteiger partial charge in [-0.3, -0.25) is 19.9 Å². The standard InChI is InChI=1S/C7H9N.C6H7N.C6H8S.C5H7NS.C5H11N.C5H10.C4H6N2S.2C4H5NS.C4H8.C3H4N2S/c1-2-7-5-3-4-6-8-7;1-6-4-2-3-5-7-6;1-2-6-4-3-5-7-6;1-2-5-6-3-4-7-5;1-6-4-2-3-5-6;1-2-5-3-4-5;1-2-4-5-3-6-7-4;2*1-4-5-2-3-6-4;1-4-2-3-4;1-3-4-2-5-6-3/h3-6H,2H2,1H3;2-5H,1H3;3-5H,2H2,1H3;3-4H,2H2,1H3;2-5H2,1H3;5H,2-4H2,1H3;3H,2H2,1H3;2*2-3H,1H3;4H,2-3H2,1H3;2H,1H3. The molecule has 0 spiro atoms. The lowest BCUT2D eigenvalue weighted by molar-refractivity contribution is 0.418. The third kappa shape index (κ3) is 41.5. The highest BCUT2D eigenvalue weighted by molar-refractivity contribution is 7.10. The first-order valence-corrected chi connectivity index (χ1v) is 29.2. The first kappa shape index (κ1) is 63.0. The van der Waals surface area contributed by atoms with E-state index in [4.69, 9.17) is 0 Å². The highest BCUT2D eigenvalue weighted by Crippen LogP contribution is 2.31. The summed E-state index contributed by atoms with van der Waals surface area (Å²) in [4.78, 5) is 31.6. The number of aromatic nitrogens is 9. The fourth-order valence-corrected chi connectivity index (χ4v) is 7.62. The van der Waals surface area contributed by atoms with Crippen LogP contribution in [0.3, 0.4) is 0 Å². The zero-order chi connectivity index (χ0) is 50.6. The van der Waals surface area contributed by atoms with Gasteiger partial charge in [-0.15, -0.1) is 45.3 Å². The van der Waals surface area contributed by atoms with E-state index in [0.717, 1.165) is 62.5 Å². The molecule has 378 valence electrons. The Hall–Kier alpha value is -4.03. The smallest absolute Gasteiger partial charge is 0.129 e. The van der Waals surface area contributed by atoms with Crippen molar-refractivity contribution >= 4 is 68.4 Å². The number of hydrogen-bond donors (Lipinski definition) is 0. The van der Waals surface area contributed by atoms with E-state index >= 15 is 0 Å². The number of pyridine rings is 2. The van der Waals surface area contributed by atoms with Crippen molar-refractivity contribution in [2.24, 2.45) is 11.8 Å². The number of rotatable bonds is 5. The number of nitrogens with zero attached hydrogens (tertiary/aromatic N) is 10. The minimum Gasteiger partial charge on any atom is -0.306 e. The minimum absolute atomic E-state index is 1.00. The largest absolute Gasteiger partial charge is 0.306 e. The molecule has 8 aromatic rings. The van der Waals surface area contributed by atoms with Crippen LogP contribution in [0.1, 0.15) is 128 Å². The van der Waals surface area contributed by atoms with Gasteiger partial charge in [0.05, 0.1) is 15.0 Å². The molecule has 2 saturated carbocycles. The Morgan fingerprint density at radius 2 is 1.09 bits per heavy atom. The van der Waals surface area contributed by atoms with Crippen LogP contribution in [0.5, 0.6) is 0 Å². The highest BCUT2D eigenvalue weighted by atomic mass is 32.1. The highest BCUT2D eigenvalue weighted by Gasteiger charge is 2.17. The molecular weight excluding hydrogens is 969 g/mol. The van der Waals surface area contributed by atoms with Crippen molar-refractivity contribution in [2.45, 2.75) is 140 Å². The van der Waals surface area contributed by atoms with Gasteiger partial charge in [0.1, 0.15) is 22.7 Å². The topological polar surface area (TPSA) is 119 Å². The Bertz CT molecular complexity index is 1960. The van der Waals surface area contributed by atoms with Gasteiger partial charge in [0.15, 0.2) is 0 Å². The second-order valence-corrected chi connectivity index (χ2v) is 21.7. The van der Waals surface area contributed by atoms with E-state index in [0.29, 0.717) is 0 Å². The Kier molecular flexibility index (Phi) is 40.1. The summed E-state index contributed by atoms with van der Waals surface area (Å²) in [5.74, 6) is 2.22. The maximum atomic E-state index is 4.10. The molecule has 69 heavy (non-hydrogen) atoms. The van der Waals surface area contributed by atoms with Crippen molar-refractivity contribution in [1.29, 1.82) is 0 Å². The molecule has 11 rings (SSSR count). The van der Waals surface area contributed by atoms with Gasteiger partial charge in [-0.2, -0.15) is 8.75 Å². The maximum Gasteiger partial charge on any atom is 0.129 e. The summed E-state index contributed by atoms with van der Waals surface area (Å²) in [5, 5.41) is 13.7. The Morgan fingerprint density at radius 1 is 0.507 bits per heavy atom. The summed E-state index contributed by atoms with van der Waals surface area (Å²) in [6.07, 6.45) is 26.7. The van der Waals surface area contributed by atoms with Crippen LogP contribution in [0.4, 0.5) is 0 Å². The molecule has 0 atom stereocenters. The molecule has 0 N–H and O–H groups in total. The first-order valence-electron chi connectivity index (χ1n) is 24.1. The zero-order valence-electron chi connectivity index (χ0n) is 43.2. The number of likely N-dealkylation sites (tertiary alicyclic amines) is 1. The summed E-state index contributed by atoms with van der Waals surface area (Å²) >= 11 is 9.75. The van der Waals surface area contributed by atoms with E-state index in [1.165, 1.54) is 97.4 Å². The van der Waals surface area contributed by atoms with Gasteiger partial charge in [-0.25, -0.2) is 15.0 Å². The summed E-state index contributed by atoms with van der Waals surface area (Å²) in [7, 11) is 2.17. The molecular formula is C53H80N10S6. The Balaban J connectivity index is 0.000000381. The Labute approximate surface area is 440 Å². The van der Waals surface area contributed by atoms with Gasteiger partial charge in [0.25, 0.3) is 0 Å². The third-order valence-electron chi connectivity index (χ3n) is 9.38. The molecule has 16 heteroatoms. The number of thiazole rings is 3. The molecule has 2 aliphatic carbocycles. The van der Waals surface area contributed by atoms with Crippen molar-refractivity contribution in [2.75, 3.05) is 20.1 Å². The van der Waals surface area contributed by atoms with Gasteiger partial charge < -0.3 is 4.90 Å². The summed E-state index contributed by atoms with van der Waals surface area (Å²) in [6.45, 7) is 23.5. The predicted molar refractivity (Wildman–Crippen MR) is 304 cm³/mol. The normalized spacial score (nSPS) is 12.5. The molecule has 10 nitrogen and oxygen atoms in total. The van der Waals surface area contributed by atoms with Gasteiger partial charge >= 0.3 is 0 Å². The van der Waals surface area contributed by atoms with E-state index < -0.39 is 0 Å². The van der Waals surface area contributed by atoms with Gasteiger partial charge in [-0.1, -0.05) is 91.8 Å². The lowest BCUT2D eigenvalue weighted by Gasteiger charge is -2.01. The molecule has 0 aromatic carbocycles. The van der Waals surface area contributed by atoms with Crippen molar-refractivity contribution in [3.05, 3.63) is 155 Å². The monoisotopic (exact) mass is 1050 g/mol. The number of aryl methyl sites for hydroxylation is 8. The van der Waals surface area contributed by atoms with Crippen molar-refractivity contribution in [3.8, 4) is 0 Å². The van der Waals surface area contributed by atoms with Crippen LogP contribution in [0, 0.1) is 39.5 Å². The van der Waals surface area contributed by atoms with Crippen molar-refractivity contribution in [1.82, 2.24) is 48.5 Å². The molecule has 1 saturated heterocycles. The molecule has 0 bridgehead atoms. The summed E-state index contributed by atoms with van der Waals surface area (Å²) in [6, 6.07) is 16.1. The van der Waals surface area contributed by atoms with E-state index in [9.17, 15) is 0 Å². The molecule has 0 radical (unpaired) electrons. The average Bonchev–Trinajstić information content (AvgIpc) is 4.02. The van der Waals surface area contributed by atoms with Crippen LogP contribution in [0.15, 0.2) is 114 Å². The maximum absolute atomic E-state index is 4.10. The predicted octanol–water partition coefficient (Wildman–Crippen LogP) is 15.8. The van der Waals surface area contributed by atoms with E-state index in [1.54, 1.807) is 65.3 Å². The van der Waals surface area contributed by atoms with Crippen LogP contribution in [-0.2, 0) is 25.7 Å². The molecule has 3 fully saturated rings.